The highest BCUT2D eigenvalue weighted by atomic mass is 19.1. The summed E-state index contributed by atoms with van der Waals surface area (Å²) < 4.78 is 46.5. The van der Waals surface area contributed by atoms with E-state index in [0.29, 0.717) is 36.0 Å². The Hall–Kier alpha value is -3.42. The van der Waals surface area contributed by atoms with Crippen LogP contribution in [-0.4, -0.2) is 19.5 Å². The van der Waals surface area contributed by atoms with E-state index in [0.717, 1.165) is 11.6 Å². The number of carbonyl (C=O) groups excluding carboxylic acids is 1. The fraction of sp³-hybridized carbons (Fsp3) is 0.150. The van der Waals surface area contributed by atoms with E-state index in [4.69, 9.17) is 10.2 Å². The average Bonchev–Trinajstić information content (AvgIpc) is 3.01. The lowest BCUT2D eigenvalue weighted by molar-refractivity contribution is 0.0997. The first-order valence-electron chi connectivity index (χ1n) is 8.53. The number of benzene rings is 2. The Morgan fingerprint density at radius 3 is 2.68 bits per heavy atom. The summed E-state index contributed by atoms with van der Waals surface area (Å²) in [7, 11) is 1.85. The number of nitrogen functional groups attached to an aromatic ring is 1. The topological polar surface area (TPSA) is 71.5 Å². The molecule has 0 spiro atoms. The molecule has 2 aromatic carbocycles. The Labute approximate surface area is 158 Å². The zero-order chi connectivity index (χ0) is 20.0. The zero-order valence-electron chi connectivity index (χ0n) is 14.9. The number of nitrogens with two attached hydrogens (primary N) is 1. The molecule has 0 fully saturated rings. The lowest BCUT2D eigenvalue weighted by Crippen LogP contribution is -2.19. The summed E-state index contributed by atoms with van der Waals surface area (Å²) in [5.74, 6) is -2.51. The highest BCUT2D eigenvalue weighted by Gasteiger charge is 2.25. The number of likely N-dealkylation sites (N-methyl/N-ethyl adjacent to an activating group) is 1. The van der Waals surface area contributed by atoms with Gasteiger partial charge in [-0.2, -0.15) is 0 Å². The third-order valence-electron chi connectivity index (χ3n) is 4.69. The Bertz CT molecular complexity index is 1070. The molecule has 0 atom stereocenters. The van der Waals surface area contributed by atoms with Gasteiger partial charge in [-0.1, -0.05) is 0 Å². The van der Waals surface area contributed by atoms with Crippen LogP contribution in [0.1, 0.15) is 16.1 Å². The number of amides is 1. The van der Waals surface area contributed by atoms with E-state index in [1.54, 1.807) is 12.1 Å². The van der Waals surface area contributed by atoms with Gasteiger partial charge < -0.3 is 20.4 Å². The van der Waals surface area contributed by atoms with E-state index in [1.165, 1.54) is 12.1 Å². The number of rotatable bonds is 2. The molecule has 5 nitrogen and oxygen atoms in total. The summed E-state index contributed by atoms with van der Waals surface area (Å²) in [6.07, 6.45) is 0.575. The maximum Gasteiger partial charge on any atom is 0.291 e. The van der Waals surface area contributed by atoms with Crippen molar-refractivity contribution in [3.63, 3.8) is 0 Å². The maximum atomic E-state index is 13.9. The minimum atomic E-state index is -0.985. The van der Waals surface area contributed by atoms with Crippen LogP contribution in [0.25, 0.3) is 11.3 Å². The Balaban J connectivity index is 1.70. The van der Waals surface area contributed by atoms with Gasteiger partial charge in [-0.3, -0.25) is 4.79 Å². The third kappa shape index (κ3) is 3.06. The van der Waals surface area contributed by atoms with Crippen LogP contribution in [0.5, 0.6) is 0 Å². The molecule has 1 aliphatic rings. The Morgan fingerprint density at radius 2 is 1.93 bits per heavy atom. The maximum absolute atomic E-state index is 13.9. The molecule has 0 bridgehead atoms. The van der Waals surface area contributed by atoms with E-state index >= 15 is 0 Å². The lowest BCUT2D eigenvalue weighted by Gasteiger charge is -2.18. The number of halogens is 3. The summed E-state index contributed by atoms with van der Waals surface area (Å²) in [6.45, 7) is 0.601. The Kier molecular flexibility index (Phi) is 4.26. The second-order valence-electron chi connectivity index (χ2n) is 6.60. The SMILES string of the molecule is CN1CCc2cc(C(=O)Nc3c(N)cc(F)cc3F)oc2-c2ccc(F)cc21. The average molecular weight is 387 g/mol. The van der Waals surface area contributed by atoms with Gasteiger partial charge in [-0.05, 0) is 36.8 Å². The van der Waals surface area contributed by atoms with Crippen molar-refractivity contribution < 1.29 is 22.4 Å². The molecule has 0 radical (unpaired) electrons. The van der Waals surface area contributed by atoms with Gasteiger partial charge in [0.15, 0.2) is 11.6 Å². The second-order valence-corrected chi connectivity index (χ2v) is 6.60. The molecular weight excluding hydrogens is 371 g/mol. The summed E-state index contributed by atoms with van der Waals surface area (Å²) in [5, 5.41) is 2.32. The number of anilines is 3. The minimum Gasteiger partial charge on any atom is -0.451 e. The van der Waals surface area contributed by atoms with Gasteiger partial charge in [0, 0.05) is 30.8 Å². The van der Waals surface area contributed by atoms with Crippen molar-refractivity contribution in [2.24, 2.45) is 0 Å². The molecule has 144 valence electrons. The molecule has 2 heterocycles. The van der Waals surface area contributed by atoms with E-state index < -0.39 is 17.5 Å². The van der Waals surface area contributed by atoms with Gasteiger partial charge in [-0.25, -0.2) is 13.2 Å². The molecule has 4 rings (SSSR count). The van der Waals surface area contributed by atoms with Gasteiger partial charge in [0.05, 0.1) is 11.4 Å². The minimum absolute atomic E-state index is 0.0482. The number of fused-ring (bicyclic) bond motifs is 3. The zero-order valence-corrected chi connectivity index (χ0v) is 14.9. The van der Waals surface area contributed by atoms with Crippen LogP contribution >= 0.6 is 0 Å². The largest absolute Gasteiger partial charge is 0.451 e. The molecule has 8 heteroatoms. The molecule has 0 saturated heterocycles. The van der Waals surface area contributed by atoms with Gasteiger partial charge in [0.1, 0.15) is 23.1 Å². The number of carbonyl (C=O) groups is 1. The van der Waals surface area contributed by atoms with Crippen LogP contribution < -0.4 is 16.0 Å². The number of nitrogens with zero attached hydrogens (tertiary/aromatic N) is 1. The molecule has 28 heavy (non-hydrogen) atoms. The van der Waals surface area contributed by atoms with Gasteiger partial charge in [0.2, 0.25) is 0 Å². The molecule has 1 aromatic heterocycles. The van der Waals surface area contributed by atoms with Crippen molar-refractivity contribution in [2.45, 2.75) is 6.42 Å². The molecular formula is C20H16F3N3O2. The smallest absolute Gasteiger partial charge is 0.291 e. The number of nitrogens with one attached hydrogen (secondary N) is 1. The van der Waals surface area contributed by atoms with Crippen molar-refractivity contribution in [2.75, 3.05) is 29.5 Å². The highest BCUT2D eigenvalue weighted by Crippen LogP contribution is 2.38. The standard InChI is InChI=1S/C20H16F3N3O2/c1-26-5-4-10-6-17(28-19(10)13-3-2-11(21)9-16(13)26)20(27)25-18-14(23)7-12(22)8-15(18)24/h2-3,6-9H,4-5,24H2,1H3,(H,25,27). The molecule has 1 amide bonds. The lowest BCUT2D eigenvalue weighted by atomic mass is 10.1. The van der Waals surface area contributed by atoms with Crippen molar-refractivity contribution in [3.05, 3.63) is 65.2 Å². The number of hydrogen-bond acceptors (Lipinski definition) is 4. The van der Waals surface area contributed by atoms with Crippen molar-refractivity contribution in [3.8, 4) is 11.3 Å². The number of furan rings is 1. The Morgan fingerprint density at radius 1 is 1.14 bits per heavy atom. The first kappa shape index (κ1) is 18.0. The quantitative estimate of drug-likeness (QED) is 0.647. The van der Waals surface area contributed by atoms with Crippen LogP contribution in [0.4, 0.5) is 30.2 Å². The van der Waals surface area contributed by atoms with Crippen LogP contribution in [-0.2, 0) is 6.42 Å². The predicted octanol–water partition coefficient (Wildman–Crippen LogP) is 4.19. The van der Waals surface area contributed by atoms with Crippen molar-refractivity contribution in [1.29, 1.82) is 0 Å². The highest BCUT2D eigenvalue weighted by molar-refractivity contribution is 6.04. The first-order chi connectivity index (χ1) is 13.3. The molecule has 0 saturated carbocycles. The number of hydrogen-bond donors (Lipinski definition) is 2. The fourth-order valence-electron chi connectivity index (χ4n) is 3.28. The van der Waals surface area contributed by atoms with E-state index in [1.807, 2.05) is 11.9 Å². The molecule has 0 unspecified atom stereocenters. The van der Waals surface area contributed by atoms with Crippen LogP contribution in [0, 0.1) is 17.5 Å². The summed E-state index contributed by atoms with van der Waals surface area (Å²) >= 11 is 0. The monoisotopic (exact) mass is 387 g/mol. The van der Waals surface area contributed by atoms with Gasteiger partial charge >= 0.3 is 0 Å². The van der Waals surface area contributed by atoms with E-state index in [9.17, 15) is 18.0 Å². The van der Waals surface area contributed by atoms with Crippen LogP contribution in [0.2, 0.25) is 0 Å². The van der Waals surface area contributed by atoms with Gasteiger partial charge in [0.25, 0.3) is 5.91 Å². The van der Waals surface area contributed by atoms with E-state index in [2.05, 4.69) is 5.32 Å². The van der Waals surface area contributed by atoms with Crippen molar-refractivity contribution in [1.82, 2.24) is 0 Å². The normalized spacial score (nSPS) is 12.9. The first-order valence-corrected chi connectivity index (χ1v) is 8.53. The summed E-state index contributed by atoms with van der Waals surface area (Å²) in [4.78, 5) is 14.5. The summed E-state index contributed by atoms with van der Waals surface area (Å²) in [6, 6.07) is 7.42. The third-order valence-corrected chi connectivity index (χ3v) is 4.69. The van der Waals surface area contributed by atoms with Crippen LogP contribution in [0.15, 0.2) is 40.8 Å². The fourth-order valence-corrected chi connectivity index (χ4v) is 3.28. The molecule has 0 aliphatic carbocycles. The van der Waals surface area contributed by atoms with E-state index in [-0.39, 0.29) is 23.0 Å². The van der Waals surface area contributed by atoms with Crippen LogP contribution in [0.3, 0.4) is 0 Å². The van der Waals surface area contributed by atoms with Crippen molar-refractivity contribution >= 4 is 23.0 Å². The summed E-state index contributed by atoms with van der Waals surface area (Å²) in [5.41, 5.74) is 7.11. The molecule has 1 aliphatic heterocycles. The predicted molar refractivity (Wildman–Crippen MR) is 99.8 cm³/mol. The second kappa shape index (κ2) is 6.63. The molecule has 3 aromatic rings. The van der Waals surface area contributed by atoms with Gasteiger partial charge in [-0.15, -0.1) is 0 Å². The molecule has 3 N–H and O–H groups in total.